The minimum atomic E-state index is 0.0392. The highest BCUT2D eigenvalue weighted by Gasteiger charge is 2.00. The van der Waals surface area contributed by atoms with E-state index in [4.69, 9.17) is 5.11 Å². The molecule has 1 amide bonds. The number of aliphatic hydroxyl groups excluding tert-OH is 1. The summed E-state index contributed by atoms with van der Waals surface area (Å²) in [6.07, 6.45) is 5.65. The largest absolute Gasteiger partial charge is 0.396 e. The Hall–Kier alpha value is -1.36. The van der Waals surface area contributed by atoms with Gasteiger partial charge >= 0.3 is 0 Å². The van der Waals surface area contributed by atoms with Gasteiger partial charge in [-0.1, -0.05) is 0 Å². The van der Waals surface area contributed by atoms with Gasteiger partial charge in [-0.3, -0.25) is 9.48 Å². The quantitative estimate of drug-likeness (QED) is 0.663. The molecule has 16 heavy (non-hydrogen) atoms. The van der Waals surface area contributed by atoms with E-state index < -0.39 is 0 Å². The number of aliphatic hydroxyl groups is 1. The summed E-state index contributed by atoms with van der Waals surface area (Å²) in [5.41, 5.74) is 1.12. The molecular weight excluding hydrogens is 206 g/mol. The smallest absolute Gasteiger partial charge is 0.220 e. The first kappa shape index (κ1) is 12.7. The van der Waals surface area contributed by atoms with Crippen molar-refractivity contribution in [1.82, 2.24) is 15.1 Å². The summed E-state index contributed by atoms with van der Waals surface area (Å²) >= 11 is 0. The number of carbonyl (C=O) groups excluding carboxylic acids is 1. The predicted octanol–water partition coefficient (Wildman–Crippen LogP) is 0.470. The number of aryl methyl sites for hydroxylation is 1. The molecule has 0 aliphatic carbocycles. The lowest BCUT2D eigenvalue weighted by molar-refractivity contribution is -0.121. The van der Waals surface area contributed by atoms with Crippen molar-refractivity contribution in [3.8, 4) is 0 Å². The van der Waals surface area contributed by atoms with Crippen molar-refractivity contribution >= 4 is 5.91 Å². The number of hydrogen-bond donors (Lipinski definition) is 2. The Balaban J connectivity index is 2.08. The van der Waals surface area contributed by atoms with Crippen LogP contribution in [-0.4, -0.2) is 33.9 Å². The van der Waals surface area contributed by atoms with Crippen LogP contribution < -0.4 is 5.32 Å². The molecule has 0 aromatic carbocycles. The van der Waals surface area contributed by atoms with E-state index in [1.165, 1.54) is 0 Å². The van der Waals surface area contributed by atoms with Crippen molar-refractivity contribution in [1.29, 1.82) is 0 Å². The van der Waals surface area contributed by atoms with E-state index >= 15 is 0 Å². The fourth-order valence-corrected chi connectivity index (χ4v) is 1.38. The number of unbranched alkanes of at least 4 members (excludes halogenated alkanes) is 1. The third kappa shape index (κ3) is 4.93. The van der Waals surface area contributed by atoms with E-state index in [1.807, 2.05) is 17.8 Å². The van der Waals surface area contributed by atoms with Crippen LogP contribution in [0.5, 0.6) is 0 Å². The van der Waals surface area contributed by atoms with Crippen molar-refractivity contribution in [3.63, 3.8) is 0 Å². The highest BCUT2D eigenvalue weighted by molar-refractivity contribution is 5.75. The molecule has 1 rings (SSSR count). The maximum atomic E-state index is 11.3. The first-order valence-electron chi connectivity index (χ1n) is 5.59. The van der Waals surface area contributed by atoms with E-state index in [0.717, 1.165) is 12.0 Å². The van der Waals surface area contributed by atoms with Gasteiger partial charge in [-0.2, -0.15) is 5.10 Å². The van der Waals surface area contributed by atoms with Gasteiger partial charge in [0.25, 0.3) is 0 Å². The Kier molecular flexibility index (Phi) is 5.56. The molecule has 0 unspecified atom stereocenters. The van der Waals surface area contributed by atoms with Gasteiger partial charge in [0, 0.05) is 25.8 Å². The maximum absolute atomic E-state index is 11.3. The van der Waals surface area contributed by atoms with E-state index in [2.05, 4.69) is 10.4 Å². The molecule has 0 saturated carbocycles. The molecule has 1 aromatic heterocycles. The van der Waals surface area contributed by atoms with Crippen LogP contribution in [0.2, 0.25) is 0 Å². The number of nitrogens with zero attached hydrogens (tertiary/aromatic N) is 2. The second kappa shape index (κ2) is 7.00. The number of rotatable bonds is 7. The summed E-state index contributed by atoms with van der Waals surface area (Å²) in [6, 6.07) is 0. The summed E-state index contributed by atoms with van der Waals surface area (Å²) in [6.45, 7) is 3.43. The normalized spacial score (nSPS) is 10.4. The van der Waals surface area contributed by atoms with Gasteiger partial charge < -0.3 is 10.4 Å². The van der Waals surface area contributed by atoms with Crippen LogP contribution in [-0.2, 0) is 11.3 Å². The van der Waals surface area contributed by atoms with Crippen molar-refractivity contribution < 1.29 is 9.90 Å². The summed E-state index contributed by atoms with van der Waals surface area (Å²) < 4.78 is 1.81. The maximum Gasteiger partial charge on any atom is 0.220 e. The molecule has 1 aromatic rings. The molecule has 0 aliphatic heterocycles. The van der Waals surface area contributed by atoms with Gasteiger partial charge in [-0.25, -0.2) is 0 Å². The van der Waals surface area contributed by atoms with Gasteiger partial charge in [0.15, 0.2) is 0 Å². The number of hydrogen-bond acceptors (Lipinski definition) is 3. The average molecular weight is 225 g/mol. The zero-order valence-electron chi connectivity index (χ0n) is 9.65. The Morgan fingerprint density at radius 2 is 2.38 bits per heavy atom. The summed E-state index contributed by atoms with van der Waals surface area (Å²) in [7, 11) is 0. The Labute approximate surface area is 95.5 Å². The van der Waals surface area contributed by atoms with Gasteiger partial charge in [0.05, 0.1) is 12.7 Å². The molecule has 0 spiro atoms. The van der Waals surface area contributed by atoms with Crippen LogP contribution in [0.3, 0.4) is 0 Å². The molecule has 0 aliphatic rings. The van der Waals surface area contributed by atoms with E-state index in [9.17, 15) is 4.79 Å². The second-order valence-electron chi connectivity index (χ2n) is 3.81. The first-order valence-corrected chi connectivity index (χ1v) is 5.59. The van der Waals surface area contributed by atoms with Crippen molar-refractivity contribution in [2.24, 2.45) is 0 Å². The van der Waals surface area contributed by atoms with Crippen molar-refractivity contribution in [3.05, 3.63) is 18.0 Å². The van der Waals surface area contributed by atoms with E-state index in [-0.39, 0.29) is 12.5 Å². The monoisotopic (exact) mass is 225 g/mol. The molecule has 0 radical (unpaired) electrons. The molecular formula is C11H19N3O2. The number of nitrogens with one attached hydrogen (secondary N) is 1. The van der Waals surface area contributed by atoms with Crippen molar-refractivity contribution in [2.75, 3.05) is 13.2 Å². The summed E-state index contributed by atoms with van der Waals surface area (Å²) in [5.74, 6) is 0.0392. The minimum Gasteiger partial charge on any atom is -0.396 e. The second-order valence-corrected chi connectivity index (χ2v) is 3.81. The predicted molar refractivity (Wildman–Crippen MR) is 60.9 cm³/mol. The fraction of sp³-hybridized carbons (Fsp3) is 0.636. The molecule has 0 bridgehead atoms. The topological polar surface area (TPSA) is 67.2 Å². The van der Waals surface area contributed by atoms with E-state index in [1.54, 1.807) is 6.20 Å². The average Bonchev–Trinajstić information content (AvgIpc) is 2.65. The third-order valence-electron chi connectivity index (χ3n) is 2.24. The number of amides is 1. The molecule has 5 nitrogen and oxygen atoms in total. The molecule has 2 N–H and O–H groups in total. The minimum absolute atomic E-state index is 0.0392. The van der Waals surface area contributed by atoms with Crippen LogP contribution in [0.15, 0.2) is 12.4 Å². The standard InChI is InChI=1S/C11H19N3O2/c1-10-8-13-14(9-10)6-5-12-11(16)4-2-3-7-15/h8-9,15H,2-7H2,1H3,(H,12,16). The lowest BCUT2D eigenvalue weighted by Crippen LogP contribution is -2.27. The van der Waals surface area contributed by atoms with Gasteiger partial charge in [0.1, 0.15) is 0 Å². The van der Waals surface area contributed by atoms with Gasteiger partial charge in [-0.15, -0.1) is 0 Å². The van der Waals surface area contributed by atoms with Gasteiger partial charge in [-0.05, 0) is 25.3 Å². The highest BCUT2D eigenvalue weighted by atomic mass is 16.2. The van der Waals surface area contributed by atoms with Crippen LogP contribution in [0, 0.1) is 6.92 Å². The molecule has 0 fully saturated rings. The number of aromatic nitrogens is 2. The lowest BCUT2D eigenvalue weighted by Gasteiger charge is -2.04. The molecule has 0 saturated heterocycles. The van der Waals surface area contributed by atoms with Gasteiger partial charge in [0.2, 0.25) is 5.91 Å². The Morgan fingerprint density at radius 3 is 3.00 bits per heavy atom. The molecule has 0 atom stereocenters. The molecule has 90 valence electrons. The molecule has 5 heteroatoms. The SMILES string of the molecule is Cc1cnn(CCNC(=O)CCCCO)c1. The third-order valence-corrected chi connectivity index (χ3v) is 2.24. The van der Waals surface area contributed by atoms with Crippen LogP contribution in [0.1, 0.15) is 24.8 Å². The zero-order valence-corrected chi connectivity index (χ0v) is 9.65. The summed E-state index contributed by atoms with van der Waals surface area (Å²) in [5, 5.41) is 15.5. The first-order chi connectivity index (χ1) is 7.72. The van der Waals surface area contributed by atoms with E-state index in [0.29, 0.717) is 25.9 Å². The van der Waals surface area contributed by atoms with Crippen LogP contribution in [0.4, 0.5) is 0 Å². The summed E-state index contributed by atoms with van der Waals surface area (Å²) in [4.78, 5) is 11.3. The molecule has 1 heterocycles. The van der Waals surface area contributed by atoms with Crippen LogP contribution >= 0.6 is 0 Å². The highest BCUT2D eigenvalue weighted by Crippen LogP contribution is 1.95. The Bertz CT molecular complexity index is 323. The lowest BCUT2D eigenvalue weighted by atomic mass is 10.2. The Morgan fingerprint density at radius 1 is 1.56 bits per heavy atom. The zero-order chi connectivity index (χ0) is 11.8. The van der Waals surface area contributed by atoms with Crippen LogP contribution in [0.25, 0.3) is 0 Å². The fourth-order valence-electron chi connectivity index (χ4n) is 1.38. The number of carbonyl (C=O) groups is 1. The van der Waals surface area contributed by atoms with Crippen molar-refractivity contribution in [2.45, 2.75) is 32.7 Å².